The first-order valence-electron chi connectivity index (χ1n) is 7.08. The van der Waals surface area contributed by atoms with E-state index in [1.165, 1.54) is 4.90 Å². The van der Waals surface area contributed by atoms with Crippen LogP contribution in [0, 0.1) is 5.92 Å². The summed E-state index contributed by atoms with van der Waals surface area (Å²) in [5.74, 6) is -0.919. The molecule has 6 heteroatoms. The van der Waals surface area contributed by atoms with Gasteiger partial charge in [0, 0.05) is 16.8 Å². The molecule has 21 heavy (non-hydrogen) atoms. The summed E-state index contributed by atoms with van der Waals surface area (Å²) in [7, 11) is 0. The van der Waals surface area contributed by atoms with Crippen LogP contribution in [-0.4, -0.2) is 34.7 Å². The molecule has 5 nitrogen and oxygen atoms in total. The van der Waals surface area contributed by atoms with E-state index in [1.807, 2.05) is 24.4 Å². The Morgan fingerprint density at radius 1 is 1.43 bits per heavy atom. The first-order valence-corrected chi connectivity index (χ1v) is 7.96. The van der Waals surface area contributed by atoms with Gasteiger partial charge in [-0.3, -0.25) is 19.3 Å². The topological polar surface area (TPSA) is 66.5 Å². The van der Waals surface area contributed by atoms with Crippen LogP contribution in [0.5, 0.6) is 0 Å². The Balaban J connectivity index is 1.94. The summed E-state index contributed by atoms with van der Waals surface area (Å²) < 4.78 is 0. The van der Waals surface area contributed by atoms with Crippen molar-refractivity contribution in [3.05, 3.63) is 22.4 Å². The molecule has 0 radical (unpaired) electrons. The Labute approximate surface area is 128 Å². The predicted molar refractivity (Wildman–Crippen MR) is 80.7 cm³/mol. The summed E-state index contributed by atoms with van der Waals surface area (Å²) in [5.41, 5.74) is 0. The standard InChI is InChI=1S/C15H20N2O3S/c1-9(2)17-13(18)8-12(15(17)20)16-14(19)10(3)7-11-5-4-6-21-11/h4-6,9-10,12H,7-8H2,1-3H3,(H,16,19)/t10-,12+/m0/s1. The smallest absolute Gasteiger partial charge is 0.252 e. The third-order valence-electron chi connectivity index (χ3n) is 3.55. The van der Waals surface area contributed by atoms with Crippen molar-refractivity contribution in [2.45, 2.75) is 45.7 Å². The Morgan fingerprint density at radius 2 is 2.14 bits per heavy atom. The van der Waals surface area contributed by atoms with Gasteiger partial charge in [-0.15, -0.1) is 11.3 Å². The second-order valence-corrected chi connectivity index (χ2v) is 6.68. The van der Waals surface area contributed by atoms with Crippen LogP contribution < -0.4 is 5.32 Å². The zero-order valence-electron chi connectivity index (χ0n) is 12.5. The van der Waals surface area contributed by atoms with E-state index in [-0.39, 0.29) is 36.1 Å². The number of nitrogens with one attached hydrogen (secondary N) is 1. The molecule has 1 saturated heterocycles. The van der Waals surface area contributed by atoms with E-state index >= 15 is 0 Å². The summed E-state index contributed by atoms with van der Waals surface area (Å²) in [4.78, 5) is 38.5. The van der Waals surface area contributed by atoms with Crippen LogP contribution in [0.1, 0.15) is 32.1 Å². The van der Waals surface area contributed by atoms with Crippen molar-refractivity contribution in [3.63, 3.8) is 0 Å². The zero-order valence-corrected chi connectivity index (χ0v) is 13.3. The van der Waals surface area contributed by atoms with Gasteiger partial charge in [-0.25, -0.2) is 0 Å². The van der Waals surface area contributed by atoms with Crippen LogP contribution in [0.25, 0.3) is 0 Å². The Hall–Kier alpha value is -1.69. The molecule has 0 unspecified atom stereocenters. The average molecular weight is 308 g/mol. The molecule has 2 heterocycles. The van der Waals surface area contributed by atoms with E-state index < -0.39 is 6.04 Å². The van der Waals surface area contributed by atoms with Gasteiger partial charge in [0.15, 0.2) is 0 Å². The number of carbonyl (C=O) groups is 3. The molecule has 1 N–H and O–H groups in total. The lowest BCUT2D eigenvalue weighted by Crippen LogP contribution is -2.45. The number of likely N-dealkylation sites (tertiary alicyclic amines) is 1. The van der Waals surface area contributed by atoms with Gasteiger partial charge >= 0.3 is 0 Å². The van der Waals surface area contributed by atoms with Crippen LogP contribution in [0.3, 0.4) is 0 Å². The number of nitrogens with zero attached hydrogens (tertiary/aromatic N) is 1. The summed E-state index contributed by atoms with van der Waals surface area (Å²) in [6, 6.07) is 3.05. The highest BCUT2D eigenvalue weighted by atomic mass is 32.1. The minimum Gasteiger partial charge on any atom is -0.344 e. The molecule has 1 aromatic rings. The number of carbonyl (C=O) groups excluding carboxylic acids is 3. The minimum absolute atomic E-state index is 0.0640. The Morgan fingerprint density at radius 3 is 2.67 bits per heavy atom. The van der Waals surface area contributed by atoms with Crippen molar-refractivity contribution in [1.82, 2.24) is 10.2 Å². The minimum atomic E-state index is -0.710. The van der Waals surface area contributed by atoms with Crippen LogP contribution in [0.15, 0.2) is 17.5 Å². The summed E-state index contributed by atoms with van der Waals surface area (Å²) in [5, 5.41) is 4.68. The molecule has 1 aliphatic rings. The largest absolute Gasteiger partial charge is 0.344 e. The first-order chi connectivity index (χ1) is 9.90. The number of thiophene rings is 1. The lowest BCUT2D eigenvalue weighted by atomic mass is 10.1. The van der Waals surface area contributed by atoms with Gasteiger partial charge in [-0.1, -0.05) is 13.0 Å². The molecular weight excluding hydrogens is 288 g/mol. The average Bonchev–Trinajstić information content (AvgIpc) is 2.98. The van der Waals surface area contributed by atoms with Crippen molar-refractivity contribution < 1.29 is 14.4 Å². The molecular formula is C15H20N2O3S. The predicted octanol–water partition coefficient (Wildman–Crippen LogP) is 1.58. The van der Waals surface area contributed by atoms with Gasteiger partial charge in [-0.2, -0.15) is 0 Å². The summed E-state index contributed by atoms with van der Waals surface area (Å²) in [6.07, 6.45) is 0.709. The monoisotopic (exact) mass is 308 g/mol. The molecule has 0 spiro atoms. The molecule has 1 aromatic heterocycles. The van der Waals surface area contributed by atoms with Crippen molar-refractivity contribution >= 4 is 29.1 Å². The molecule has 2 atom stereocenters. The van der Waals surface area contributed by atoms with Gasteiger partial charge < -0.3 is 5.32 Å². The highest BCUT2D eigenvalue weighted by Gasteiger charge is 2.40. The van der Waals surface area contributed by atoms with E-state index in [0.29, 0.717) is 6.42 Å². The lowest BCUT2D eigenvalue weighted by molar-refractivity contribution is -0.141. The molecule has 1 fully saturated rings. The fraction of sp³-hybridized carbons (Fsp3) is 0.533. The normalized spacial score (nSPS) is 20.2. The fourth-order valence-electron chi connectivity index (χ4n) is 2.44. The number of amides is 3. The van der Waals surface area contributed by atoms with Crippen LogP contribution in [-0.2, 0) is 20.8 Å². The molecule has 114 valence electrons. The second kappa shape index (κ2) is 6.39. The quantitative estimate of drug-likeness (QED) is 0.840. The zero-order chi connectivity index (χ0) is 15.6. The first kappa shape index (κ1) is 15.7. The van der Waals surface area contributed by atoms with Crippen LogP contribution in [0.2, 0.25) is 0 Å². The summed E-state index contributed by atoms with van der Waals surface area (Å²) >= 11 is 1.61. The number of imide groups is 1. The van der Waals surface area contributed by atoms with Crippen LogP contribution >= 0.6 is 11.3 Å². The molecule has 0 saturated carbocycles. The van der Waals surface area contributed by atoms with E-state index in [1.54, 1.807) is 25.2 Å². The maximum Gasteiger partial charge on any atom is 0.252 e. The second-order valence-electron chi connectivity index (χ2n) is 5.65. The van der Waals surface area contributed by atoms with E-state index in [9.17, 15) is 14.4 Å². The maximum absolute atomic E-state index is 12.2. The van der Waals surface area contributed by atoms with Gasteiger partial charge in [0.2, 0.25) is 11.8 Å². The highest BCUT2D eigenvalue weighted by molar-refractivity contribution is 7.09. The van der Waals surface area contributed by atoms with Crippen molar-refractivity contribution in [3.8, 4) is 0 Å². The third-order valence-corrected chi connectivity index (χ3v) is 4.45. The van der Waals surface area contributed by atoms with Gasteiger partial charge in [0.25, 0.3) is 5.91 Å². The molecule has 0 aromatic carbocycles. The highest BCUT2D eigenvalue weighted by Crippen LogP contribution is 2.18. The number of rotatable bonds is 5. The molecule has 3 amide bonds. The van der Waals surface area contributed by atoms with Gasteiger partial charge in [0.05, 0.1) is 6.42 Å². The Bertz CT molecular complexity index is 539. The summed E-state index contributed by atoms with van der Waals surface area (Å²) in [6.45, 7) is 5.41. The van der Waals surface area contributed by atoms with Crippen molar-refractivity contribution in [2.75, 3.05) is 0 Å². The van der Waals surface area contributed by atoms with E-state index in [2.05, 4.69) is 5.32 Å². The molecule has 1 aliphatic heterocycles. The van der Waals surface area contributed by atoms with Gasteiger partial charge in [-0.05, 0) is 31.7 Å². The van der Waals surface area contributed by atoms with Crippen molar-refractivity contribution in [2.24, 2.45) is 5.92 Å². The molecule has 0 bridgehead atoms. The molecule has 0 aliphatic carbocycles. The molecule has 2 rings (SSSR count). The van der Waals surface area contributed by atoms with Crippen molar-refractivity contribution in [1.29, 1.82) is 0 Å². The lowest BCUT2D eigenvalue weighted by Gasteiger charge is -2.20. The van der Waals surface area contributed by atoms with E-state index in [0.717, 1.165) is 4.88 Å². The maximum atomic E-state index is 12.2. The Kier molecular flexibility index (Phi) is 4.77. The van der Waals surface area contributed by atoms with E-state index in [4.69, 9.17) is 0 Å². The van der Waals surface area contributed by atoms with Crippen LogP contribution in [0.4, 0.5) is 0 Å². The number of hydrogen-bond donors (Lipinski definition) is 1. The van der Waals surface area contributed by atoms with Gasteiger partial charge in [0.1, 0.15) is 6.04 Å². The SMILES string of the molecule is CC(C)N1C(=O)C[C@@H](NC(=O)[C@@H](C)Cc2cccs2)C1=O. The fourth-order valence-corrected chi connectivity index (χ4v) is 3.28. The third kappa shape index (κ3) is 3.50. The number of hydrogen-bond acceptors (Lipinski definition) is 4.